The Hall–Kier alpha value is -1.38. The second-order valence-electron chi connectivity index (χ2n) is 4.68. The van der Waals surface area contributed by atoms with Crippen molar-refractivity contribution in [3.63, 3.8) is 0 Å². The predicted octanol–water partition coefficient (Wildman–Crippen LogP) is 4.27. The molecule has 5 nitrogen and oxygen atoms in total. The van der Waals surface area contributed by atoms with E-state index in [9.17, 15) is 9.18 Å². The molecule has 1 atom stereocenters. The van der Waals surface area contributed by atoms with E-state index in [4.69, 9.17) is 11.6 Å². The second kappa shape index (κ2) is 8.47. The molecule has 0 saturated heterocycles. The molecule has 0 aliphatic rings. The number of carbonyl (C=O) groups excluding carboxylic acids is 1. The zero-order chi connectivity index (χ0) is 16.8. The van der Waals surface area contributed by atoms with Crippen molar-refractivity contribution in [2.75, 3.05) is 17.2 Å². The average molecular weight is 375 g/mol. The summed E-state index contributed by atoms with van der Waals surface area (Å²) in [5.74, 6) is -0.732. The molecule has 0 saturated carbocycles. The van der Waals surface area contributed by atoms with Gasteiger partial charge in [-0.05, 0) is 31.5 Å². The lowest BCUT2D eigenvalue weighted by atomic mass is 10.3. The van der Waals surface area contributed by atoms with Gasteiger partial charge in [0.05, 0.1) is 10.3 Å². The van der Waals surface area contributed by atoms with Crippen LogP contribution in [0.25, 0.3) is 0 Å². The normalized spacial score (nSPS) is 12.0. The highest BCUT2D eigenvalue weighted by molar-refractivity contribution is 8.02. The van der Waals surface area contributed by atoms with Crippen LogP contribution in [0.4, 0.5) is 15.2 Å². The van der Waals surface area contributed by atoms with Crippen molar-refractivity contribution < 1.29 is 9.18 Å². The average Bonchev–Trinajstić information content (AvgIpc) is 2.96. The van der Waals surface area contributed by atoms with E-state index in [1.165, 1.54) is 41.3 Å². The van der Waals surface area contributed by atoms with E-state index in [0.717, 1.165) is 18.1 Å². The summed E-state index contributed by atoms with van der Waals surface area (Å²) in [6.07, 6.45) is 1.00. The molecule has 124 valence electrons. The fourth-order valence-corrected chi connectivity index (χ4v) is 3.69. The molecule has 0 unspecified atom stereocenters. The highest BCUT2D eigenvalue weighted by Gasteiger charge is 2.17. The number of hydrogen-bond donors (Lipinski definition) is 2. The third-order valence-electron chi connectivity index (χ3n) is 2.77. The number of thioether (sulfide) groups is 1. The van der Waals surface area contributed by atoms with Crippen LogP contribution in [-0.2, 0) is 4.79 Å². The van der Waals surface area contributed by atoms with Gasteiger partial charge in [-0.15, -0.1) is 10.2 Å². The van der Waals surface area contributed by atoms with E-state index >= 15 is 0 Å². The van der Waals surface area contributed by atoms with Crippen molar-refractivity contribution in [3.8, 4) is 0 Å². The Morgan fingerprint density at radius 3 is 2.96 bits per heavy atom. The summed E-state index contributed by atoms with van der Waals surface area (Å²) >= 11 is 8.42. The Morgan fingerprint density at radius 2 is 2.26 bits per heavy atom. The van der Waals surface area contributed by atoms with E-state index in [1.807, 2.05) is 0 Å². The van der Waals surface area contributed by atoms with Gasteiger partial charge in [-0.2, -0.15) is 0 Å². The first kappa shape index (κ1) is 18.0. The van der Waals surface area contributed by atoms with Gasteiger partial charge in [-0.3, -0.25) is 4.79 Å². The highest BCUT2D eigenvalue weighted by Crippen LogP contribution is 2.29. The first-order valence-corrected chi connectivity index (χ1v) is 9.07. The summed E-state index contributed by atoms with van der Waals surface area (Å²) in [5.41, 5.74) is 0.455. The van der Waals surface area contributed by atoms with Gasteiger partial charge in [0, 0.05) is 12.2 Å². The smallest absolute Gasteiger partial charge is 0.237 e. The lowest BCUT2D eigenvalue weighted by molar-refractivity contribution is -0.115. The quantitative estimate of drug-likeness (QED) is 0.708. The Labute approximate surface area is 147 Å². The number of rotatable bonds is 7. The third kappa shape index (κ3) is 5.33. The number of anilines is 2. The molecule has 1 heterocycles. The number of nitrogens with zero attached hydrogens (tertiary/aromatic N) is 2. The summed E-state index contributed by atoms with van der Waals surface area (Å²) < 4.78 is 13.8. The van der Waals surface area contributed by atoms with E-state index in [0.29, 0.717) is 10.0 Å². The molecule has 1 aromatic carbocycles. The highest BCUT2D eigenvalue weighted by atomic mass is 35.5. The molecule has 9 heteroatoms. The molecule has 0 spiro atoms. The topological polar surface area (TPSA) is 66.9 Å². The lowest BCUT2D eigenvalue weighted by Gasteiger charge is -2.10. The molecule has 1 aromatic heterocycles. The summed E-state index contributed by atoms with van der Waals surface area (Å²) in [6, 6.07) is 4.06. The van der Waals surface area contributed by atoms with Gasteiger partial charge >= 0.3 is 0 Å². The molecule has 0 radical (unpaired) electrons. The zero-order valence-electron chi connectivity index (χ0n) is 12.6. The second-order valence-corrected chi connectivity index (χ2v) is 7.65. The fourth-order valence-electron chi connectivity index (χ4n) is 1.58. The van der Waals surface area contributed by atoms with Crippen LogP contribution >= 0.6 is 34.7 Å². The van der Waals surface area contributed by atoms with E-state index in [-0.39, 0.29) is 16.2 Å². The summed E-state index contributed by atoms with van der Waals surface area (Å²) in [4.78, 5) is 12.2. The van der Waals surface area contributed by atoms with Gasteiger partial charge in [0.25, 0.3) is 0 Å². The van der Waals surface area contributed by atoms with Crippen LogP contribution in [0.5, 0.6) is 0 Å². The van der Waals surface area contributed by atoms with Crippen LogP contribution < -0.4 is 10.6 Å². The van der Waals surface area contributed by atoms with Crippen molar-refractivity contribution in [1.82, 2.24) is 10.2 Å². The maximum Gasteiger partial charge on any atom is 0.237 e. The maximum atomic E-state index is 13.1. The summed E-state index contributed by atoms with van der Waals surface area (Å²) in [6.45, 7) is 4.67. The minimum atomic E-state index is -0.520. The lowest BCUT2D eigenvalue weighted by Crippen LogP contribution is -2.22. The van der Waals surface area contributed by atoms with E-state index < -0.39 is 5.82 Å². The fraction of sp³-hybridized carbons (Fsp3) is 0.357. The van der Waals surface area contributed by atoms with Crippen molar-refractivity contribution in [3.05, 3.63) is 29.0 Å². The van der Waals surface area contributed by atoms with E-state index in [1.54, 1.807) is 6.92 Å². The molecular formula is C14H16ClFN4OS2. The Bertz CT molecular complexity index is 683. The molecule has 2 aromatic rings. The maximum absolute atomic E-state index is 13.1. The van der Waals surface area contributed by atoms with Crippen molar-refractivity contribution in [2.45, 2.75) is 29.9 Å². The van der Waals surface area contributed by atoms with Gasteiger partial charge in [-0.25, -0.2) is 4.39 Å². The van der Waals surface area contributed by atoms with Crippen LogP contribution in [0.2, 0.25) is 5.02 Å². The van der Waals surface area contributed by atoms with Crippen LogP contribution in [0.1, 0.15) is 20.3 Å². The number of halogens is 2. The van der Waals surface area contributed by atoms with Gasteiger partial charge < -0.3 is 10.6 Å². The number of hydrogen-bond acceptors (Lipinski definition) is 6. The molecular weight excluding hydrogens is 359 g/mol. The summed E-state index contributed by atoms with van der Waals surface area (Å²) in [5, 5.41) is 14.3. The van der Waals surface area contributed by atoms with Crippen molar-refractivity contribution in [1.29, 1.82) is 0 Å². The standard InChI is InChI=1S/C14H16ClFN4OS2/c1-3-6-17-13-19-20-14(23-13)22-8(2)12(21)18-9-4-5-11(16)10(15)7-9/h4-5,7-8H,3,6H2,1-2H3,(H,17,19)(H,18,21)/t8-/m0/s1. The molecule has 0 bridgehead atoms. The minimum absolute atomic E-state index is 0.0288. The SMILES string of the molecule is CCCNc1nnc(S[C@@H](C)C(=O)Nc2ccc(F)c(Cl)c2)s1. The van der Waals surface area contributed by atoms with Crippen LogP contribution in [0, 0.1) is 5.82 Å². The number of aromatic nitrogens is 2. The number of carbonyl (C=O) groups is 1. The molecule has 0 aliphatic carbocycles. The first-order chi connectivity index (χ1) is 11.0. The Balaban J connectivity index is 1.91. The molecule has 0 aliphatic heterocycles. The third-order valence-corrected chi connectivity index (χ3v) is 5.12. The Kier molecular flexibility index (Phi) is 6.61. The largest absolute Gasteiger partial charge is 0.360 e. The van der Waals surface area contributed by atoms with Crippen molar-refractivity contribution in [2.24, 2.45) is 0 Å². The van der Waals surface area contributed by atoms with Gasteiger partial charge in [0.2, 0.25) is 11.0 Å². The molecule has 23 heavy (non-hydrogen) atoms. The van der Waals surface area contributed by atoms with Gasteiger partial charge in [0.15, 0.2) is 4.34 Å². The van der Waals surface area contributed by atoms with Crippen LogP contribution in [0.15, 0.2) is 22.5 Å². The molecule has 1 amide bonds. The Morgan fingerprint density at radius 1 is 1.48 bits per heavy atom. The number of nitrogens with one attached hydrogen (secondary N) is 2. The first-order valence-electron chi connectivity index (χ1n) is 6.99. The molecule has 0 fully saturated rings. The minimum Gasteiger partial charge on any atom is -0.360 e. The summed E-state index contributed by atoms with van der Waals surface area (Å²) in [7, 11) is 0. The van der Waals surface area contributed by atoms with Crippen LogP contribution in [-0.4, -0.2) is 27.9 Å². The molecule has 2 rings (SSSR count). The van der Waals surface area contributed by atoms with Crippen molar-refractivity contribution >= 4 is 51.4 Å². The molecule has 2 N–H and O–H groups in total. The predicted molar refractivity (Wildman–Crippen MR) is 94.0 cm³/mol. The number of benzene rings is 1. The van der Waals surface area contributed by atoms with E-state index in [2.05, 4.69) is 27.8 Å². The van der Waals surface area contributed by atoms with Gasteiger partial charge in [-0.1, -0.05) is 41.6 Å². The monoisotopic (exact) mass is 374 g/mol. The number of amides is 1. The zero-order valence-corrected chi connectivity index (χ0v) is 15.0. The van der Waals surface area contributed by atoms with Crippen LogP contribution in [0.3, 0.4) is 0 Å². The van der Waals surface area contributed by atoms with Gasteiger partial charge in [0.1, 0.15) is 5.82 Å².